The van der Waals surface area contributed by atoms with Crippen molar-refractivity contribution in [2.45, 2.75) is 123 Å². The van der Waals surface area contributed by atoms with E-state index in [1.807, 2.05) is 30.3 Å². The molecule has 1 heteroatoms. The summed E-state index contributed by atoms with van der Waals surface area (Å²) in [5.41, 5.74) is 1.07. The topological polar surface area (TPSA) is 0 Å². The van der Waals surface area contributed by atoms with Crippen molar-refractivity contribution in [3.63, 3.8) is 0 Å². The smallest absolute Gasteiger partial charge is 0.332 e. The second-order valence-electron chi connectivity index (χ2n) is 7.99. The molecule has 1 rings (SSSR count). The van der Waals surface area contributed by atoms with Crippen LogP contribution >= 0.6 is 0 Å². The molecule has 158 valence electrons. The van der Waals surface area contributed by atoms with Gasteiger partial charge in [-0.25, -0.2) is 0 Å². The Bertz CT molecular complexity index is 342. The molecule has 0 heterocycles. The van der Waals surface area contributed by atoms with Crippen molar-refractivity contribution in [2.75, 3.05) is 0 Å². The molecule has 0 aliphatic carbocycles. The van der Waals surface area contributed by atoms with Crippen LogP contribution < -0.4 is 0 Å². The Labute approximate surface area is 215 Å². The summed E-state index contributed by atoms with van der Waals surface area (Å²) in [5, 5.41) is 0. The van der Waals surface area contributed by atoms with E-state index in [-0.39, 0.29) is 45.5 Å². The van der Waals surface area contributed by atoms with Crippen LogP contribution in [0.3, 0.4) is 0 Å². The monoisotopic (exact) mass is 460 g/mol. The van der Waals surface area contributed by atoms with Gasteiger partial charge in [0.15, 0.2) is 0 Å². The molecular formula is C27H48Sr. The van der Waals surface area contributed by atoms with Gasteiger partial charge in [-0.2, -0.15) is 38.0 Å². The molecule has 0 bridgehead atoms. The van der Waals surface area contributed by atoms with E-state index >= 15 is 0 Å². The standard InChI is InChI=1S/C20H41.C7H7.Sr/c1-3-5-7-9-11-13-15-17-19-20-18-16-14-12-10-8-6-4-2;1-7-5-3-2-4-6-7;/h3H,4-20H2,1-2H3;2-6H,1H2;/q2*-1;+2. The van der Waals surface area contributed by atoms with E-state index in [2.05, 4.69) is 27.2 Å². The van der Waals surface area contributed by atoms with Crippen LogP contribution in [0, 0.1) is 13.3 Å². The number of hydrogen-bond donors (Lipinski definition) is 0. The Hall–Kier alpha value is 0.571. The maximum Gasteiger partial charge on any atom is 2.00 e. The van der Waals surface area contributed by atoms with Gasteiger partial charge in [0, 0.05) is 0 Å². The predicted octanol–water partition coefficient (Wildman–Crippen LogP) is 9.35. The first kappa shape index (κ1) is 30.8. The molecule has 0 amide bonds. The number of benzene rings is 1. The van der Waals surface area contributed by atoms with Crippen LogP contribution in [-0.4, -0.2) is 45.5 Å². The first-order chi connectivity index (χ1) is 13.3. The van der Waals surface area contributed by atoms with Gasteiger partial charge in [-0.3, -0.25) is 0 Å². The second-order valence-corrected chi connectivity index (χ2v) is 7.99. The summed E-state index contributed by atoms with van der Waals surface area (Å²) in [5.74, 6) is 0. The first-order valence-corrected chi connectivity index (χ1v) is 12.0. The van der Waals surface area contributed by atoms with Gasteiger partial charge in [0.2, 0.25) is 0 Å². The van der Waals surface area contributed by atoms with Crippen molar-refractivity contribution >= 4 is 45.5 Å². The Morgan fingerprint density at radius 1 is 0.607 bits per heavy atom. The molecular weight excluding hydrogens is 412 g/mol. The summed E-state index contributed by atoms with van der Waals surface area (Å²) >= 11 is 0. The van der Waals surface area contributed by atoms with Crippen LogP contribution in [0.25, 0.3) is 0 Å². The largest absolute Gasteiger partial charge is 2.00 e. The maximum atomic E-state index is 3.72. The zero-order valence-electron chi connectivity index (χ0n) is 19.4. The first-order valence-electron chi connectivity index (χ1n) is 12.0. The van der Waals surface area contributed by atoms with E-state index in [0.29, 0.717) is 0 Å². The molecule has 0 saturated heterocycles. The van der Waals surface area contributed by atoms with Gasteiger partial charge in [0.1, 0.15) is 0 Å². The average molecular weight is 460 g/mol. The van der Waals surface area contributed by atoms with E-state index in [4.69, 9.17) is 0 Å². The Kier molecular flexibility index (Phi) is 30.3. The van der Waals surface area contributed by atoms with Crippen LogP contribution in [0.4, 0.5) is 0 Å². The summed E-state index contributed by atoms with van der Waals surface area (Å²) < 4.78 is 0. The third-order valence-corrected chi connectivity index (χ3v) is 5.19. The summed E-state index contributed by atoms with van der Waals surface area (Å²) in [6, 6.07) is 9.87. The molecule has 1 aromatic carbocycles. The van der Waals surface area contributed by atoms with Crippen LogP contribution in [0.2, 0.25) is 0 Å². The third kappa shape index (κ3) is 26.6. The molecule has 28 heavy (non-hydrogen) atoms. The molecule has 0 aliphatic heterocycles. The molecule has 0 spiro atoms. The fourth-order valence-corrected chi connectivity index (χ4v) is 3.37. The van der Waals surface area contributed by atoms with E-state index in [0.717, 1.165) is 5.56 Å². The van der Waals surface area contributed by atoms with E-state index in [1.165, 1.54) is 109 Å². The molecule has 0 N–H and O–H groups in total. The molecule has 0 fully saturated rings. The normalized spacial score (nSPS) is 10.1. The number of rotatable bonds is 17. The van der Waals surface area contributed by atoms with Crippen LogP contribution in [0.1, 0.15) is 129 Å². The summed E-state index contributed by atoms with van der Waals surface area (Å²) in [4.78, 5) is 0. The number of hydrogen-bond acceptors (Lipinski definition) is 0. The average Bonchev–Trinajstić information content (AvgIpc) is 2.69. The van der Waals surface area contributed by atoms with Gasteiger partial charge in [-0.15, -0.1) is 12.1 Å². The SMILES string of the molecule is C[CH-]CCCCCCCCCCCCCCCCCC.[CH2-]c1ccccc1.[Sr+2]. The fraction of sp³-hybridized carbons (Fsp3) is 0.704. The minimum absolute atomic E-state index is 0. The van der Waals surface area contributed by atoms with E-state index < -0.39 is 0 Å². The Morgan fingerprint density at radius 2 is 0.964 bits per heavy atom. The fourth-order valence-electron chi connectivity index (χ4n) is 3.37. The van der Waals surface area contributed by atoms with E-state index in [9.17, 15) is 0 Å². The molecule has 1 aromatic rings. The van der Waals surface area contributed by atoms with Crippen molar-refractivity contribution < 1.29 is 0 Å². The molecule has 0 nitrogen and oxygen atoms in total. The molecule has 0 aliphatic rings. The van der Waals surface area contributed by atoms with Gasteiger partial charge in [0.05, 0.1) is 0 Å². The summed E-state index contributed by atoms with van der Waals surface area (Å²) in [6.45, 7) is 8.19. The Balaban J connectivity index is 0. The zero-order chi connectivity index (χ0) is 19.8. The minimum atomic E-state index is 0. The zero-order valence-corrected chi connectivity index (χ0v) is 22.9. The second kappa shape index (κ2) is 27.6. The Morgan fingerprint density at radius 3 is 1.25 bits per heavy atom. The molecule has 0 unspecified atom stereocenters. The van der Waals surface area contributed by atoms with Crippen molar-refractivity contribution in [2.24, 2.45) is 0 Å². The molecule has 0 aromatic heterocycles. The van der Waals surface area contributed by atoms with Gasteiger partial charge in [-0.05, 0) is 0 Å². The van der Waals surface area contributed by atoms with Gasteiger partial charge in [-0.1, -0.05) is 116 Å². The third-order valence-electron chi connectivity index (χ3n) is 5.19. The minimum Gasteiger partial charge on any atom is -0.332 e. The van der Waals surface area contributed by atoms with Gasteiger partial charge < -0.3 is 6.42 Å². The van der Waals surface area contributed by atoms with Gasteiger partial charge in [0.25, 0.3) is 0 Å². The van der Waals surface area contributed by atoms with E-state index in [1.54, 1.807) is 0 Å². The predicted molar refractivity (Wildman–Crippen MR) is 131 cm³/mol. The number of unbranched alkanes of at least 4 members (excludes halogenated alkanes) is 17. The van der Waals surface area contributed by atoms with Crippen LogP contribution in [0.15, 0.2) is 30.3 Å². The summed E-state index contributed by atoms with van der Waals surface area (Å²) in [6.07, 6.45) is 27.0. The molecule has 0 atom stereocenters. The van der Waals surface area contributed by atoms with Crippen molar-refractivity contribution in [1.82, 2.24) is 0 Å². The quantitative estimate of drug-likeness (QED) is 0.123. The van der Waals surface area contributed by atoms with Gasteiger partial charge >= 0.3 is 45.5 Å². The molecule has 0 saturated carbocycles. The van der Waals surface area contributed by atoms with Crippen molar-refractivity contribution in [3.8, 4) is 0 Å². The summed E-state index contributed by atoms with van der Waals surface area (Å²) in [7, 11) is 0. The van der Waals surface area contributed by atoms with Crippen molar-refractivity contribution in [1.29, 1.82) is 0 Å². The molecule has 0 radical (unpaired) electrons. The van der Waals surface area contributed by atoms with Crippen LogP contribution in [0.5, 0.6) is 0 Å². The van der Waals surface area contributed by atoms with Crippen molar-refractivity contribution in [3.05, 3.63) is 49.2 Å². The maximum absolute atomic E-state index is 3.72. The van der Waals surface area contributed by atoms with Crippen LogP contribution in [-0.2, 0) is 0 Å².